The lowest BCUT2D eigenvalue weighted by Gasteiger charge is -2.06. The van der Waals surface area contributed by atoms with Crippen LogP contribution in [0.15, 0.2) is 54.6 Å². The highest BCUT2D eigenvalue weighted by molar-refractivity contribution is 7.99. The van der Waals surface area contributed by atoms with E-state index in [-0.39, 0.29) is 5.91 Å². The topological polar surface area (TPSA) is 73.6 Å². The van der Waals surface area contributed by atoms with Crippen LogP contribution in [0.1, 0.15) is 6.42 Å². The third kappa shape index (κ3) is 9.02. The Labute approximate surface area is 153 Å². The van der Waals surface area contributed by atoms with E-state index < -0.39 is 0 Å². The lowest BCUT2D eigenvalue weighted by Crippen LogP contribution is -2.23. The van der Waals surface area contributed by atoms with Gasteiger partial charge in [-0.1, -0.05) is 24.3 Å². The normalized spacial score (nSPS) is 13.0. The van der Waals surface area contributed by atoms with Crippen LogP contribution in [0.4, 0.5) is 0 Å². The molecule has 3 N–H and O–H groups in total. The van der Waals surface area contributed by atoms with Gasteiger partial charge in [0, 0.05) is 12.6 Å². The molecule has 1 fully saturated rings. The fraction of sp³-hybridized carbons (Fsp3) is 0.316. The van der Waals surface area contributed by atoms with Crippen LogP contribution in [0.25, 0.3) is 0 Å². The van der Waals surface area contributed by atoms with Gasteiger partial charge in [-0.05, 0) is 43.5 Å². The van der Waals surface area contributed by atoms with Crippen LogP contribution < -0.4 is 20.5 Å². The first kappa shape index (κ1) is 20.9. The fourth-order valence-electron chi connectivity index (χ4n) is 1.91. The molecule has 1 saturated heterocycles. The molecule has 25 heavy (non-hydrogen) atoms. The second-order valence-corrected chi connectivity index (χ2v) is 5.96. The van der Waals surface area contributed by atoms with Gasteiger partial charge in [0.15, 0.2) is 0 Å². The van der Waals surface area contributed by atoms with E-state index >= 15 is 0 Å². The fourth-order valence-corrected chi connectivity index (χ4v) is 2.69. The number of para-hydroxylation sites is 1. The largest absolute Gasteiger partial charge is 0.497 e. The molecule has 2 aromatic carbocycles. The Hall–Kier alpha value is -2.18. The van der Waals surface area contributed by atoms with Crippen molar-refractivity contribution in [2.45, 2.75) is 6.42 Å². The quantitative estimate of drug-likeness (QED) is 0.876. The molecule has 6 heteroatoms. The average Bonchev–Trinajstić information content (AvgIpc) is 2.92. The summed E-state index contributed by atoms with van der Waals surface area (Å²) < 4.78 is 10.8. The molecule has 0 spiro atoms. The summed E-state index contributed by atoms with van der Waals surface area (Å²) in [5.74, 6) is 4.36. The Morgan fingerprint density at radius 1 is 1.00 bits per heavy atom. The summed E-state index contributed by atoms with van der Waals surface area (Å²) in [6.07, 6.45) is 1.12. The summed E-state index contributed by atoms with van der Waals surface area (Å²) in [4.78, 5) is 10.6. The van der Waals surface area contributed by atoms with Gasteiger partial charge in [-0.2, -0.15) is 11.8 Å². The highest BCUT2D eigenvalue weighted by Crippen LogP contribution is 2.24. The number of benzene rings is 2. The van der Waals surface area contributed by atoms with Crippen molar-refractivity contribution >= 4 is 17.7 Å². The maximum Gasteiger partial charge on any atom is 0.229 e. The molecule has 1 aliphatic heterocycles. The maximum atomic E-state index is 10.6. The molecule has 0 radical (unpaired) electrons. The summed E-state index contributed by atoms with van der Waals surface area (Å²) in [5, 5.41) is 2.78. The molecule has 0 aliphatic carbocycles. The molecule has 5 nitrogen and oxygen atoms in total. The highest BCUT2D eigenvalue weighted by atomic mass is 32.2. The SMILES string of the molecule is CN.COc1cccc(Oc2ccccc2)c1.O=C1CSCCCN1. The minimum Gasteiger partial charge on any atom is -0.497 e. The molecule has 0 atom stereocenters. The summed E-state index contributed by atoms with van der Waals surface area (Å²) >= 11 is 1.71. The second-order valence-electron chi connectivity index (χ2n) is 4.85. The molecule has 1 heterocycles. The maximum absolute atomic E-state index is 10.6. The van der Waals surface area contributed by atoms with Crippen molar-refractivity contribution in [3.63, 3.8) is 0 Å². The summed E-state index contributed by atoms with van der Waals surface area (Å²) in [7, 11) is 3.14. The van der Waals surface area contributed by atoms with E-state index in [9.17, 15) is 4.79 Å². The van der Waals surface area contributed by atoms with E-state index in [0.29, 0.717) is 5.75 Å². The average molecular weight is 362 g/mol. The number of carbonyl (C=O) groups is 1. The van der Waals surface area contributed by atoms with Gasteiger partial charge in [0.25, 0.3) is 0 Å². The number of ether oxygens (including phenoxy) is 2. The molecular weight excluding hydrogens is 336 g/mol. The third-order valence-electron chi connectivity index (χ3n) is 3.04. The number of hydrogen-bond donors (Lipinski definition) is 2. The van der Waals surface area contributed by atoms with E-state index in [2.05, 4.69) is 11.1 Å². The van der Waals surface area contributed by atoms with Gasteiger partial charge in [-0.15, -0.1) is 0 Å². The zero-order valence-corrected chi connectivity index (χ0v) is 15.6. The smallest absolute Gasteiger partial charge is 0.229 e. The van der Waals surface area contributed by atoms with Gasteiger partial charge < -0.3 is 20.5 Å². The Bertz CT molecular complexity index is 599. The van der Waals surface area contributed by atoms with Crippen molar-refractivity contribution in [3.8, 4) is 17.2 Å². The summed E-state index contributed by atoms with van der Waals surface area (Å²) in [5.41, 5.74) is 4.50. The Balaban J connectivity index is 0.000000264. The van der Waals surface area contributed by atoms with Gasteiger partial charge in [-0.3, -0.25) is 4.79 Å². The number of rotatable bonds is 3. The van der Waals surface area contributed by atoms with Gasteiger partial charge in [0.1, 0.15) is 17.2 Å². The molecule has 3 rings (SSSR count). The molecule has 0 bridgehead atoms. The van der Waals surface area contributed by atoms with Gasteiger partial charge >= 0.3 is 0 Å². The minimum absolute atomic E-state index is 0.188. The zero-order valence-electron chi connectivity index (χ0n) is 14.7. The Morgan fingerprint density at radius 2 is 1.68 bits per heavy atom. The number of nitrogens with two attached hydrogens (primary N) is 1. The number of methoxy groups -OCH3 is 1. The number of carbonyl (C=O) groups excluding carboxylic acids is 1. The Kier molecular flexibility index (Phi) is 11.0. The predicted molar refractivity (Wildman–Crippen MR) is 105 cm³/mol. The first-order valence-electron chi connectivity index (χ1n) is 8.07. The molecule has 136 valence electrons. The van der Waals surface area contributed by atoms with E-state index in [0.717, 1.165) is 36.0 Å². The van der Waals surface area contributed by atoms with Crippen LogP contribution in [-0.4, -0.2) is 38.1 Å². The molecule has 1 amide bonds. The van der Waals surface area contributed by atoms with Crippen LogP contribution in [0.5, 0.6) is 17.2 Å². The van der Waals surface area contributed by atoms with Crippen molar-refractivity contribution in [3.05, 3.63) is 54.6 Å². The van der Waals surface area contributed by atoms with E-state index in [4.69, 9.17) is 9.47 Å². The summed E-state index contributed by atoms with van der Waals surface area (Å²) in [6.45, 7) is 0.867. The molecule has 2 aromatic rings. The second kappa shape index (κ2) is 13.1. The van der Waals surface area contributed by atoms with Crippen molar-refractivity contribution in [2.24, 2.45) is 5.73 Å². The highest BCUT2D eigenvalue weighted by Gasteiger charge is 2.03. The van der Waals surface area contributed by atoms with Crippen LogP contribution >= 0.6 is 11.8 Å². The van der Waals surface area contributed by atoms with E-state index in [1.807, 2.05) is 54.6 Å². The van der Waals surface area contributed by atoms with Crippen LogP contribution in [0, 0.1) is 0 Å². The number of thioether (sulfide) groups is 1. The number of hydrogen-bond acceptors (Lipinski definition) is 5. The van der Waals surface area contributed by atoms with Crippen molar-refractivity contribution in [1.29, 1.82) is 0 Å². The molecular formula is C19H26N2O3S. The minimum atomic E-state index is 0.188. The summed E-state index contributed by atoms with van der Waals surface area (Å²) in [6, 6.07) is 17.2. The number of amides is 1. The van der Waals surface area contributed by atoms with Gasteiger partial charge in [-0.25, -0.2) is 0 Å². The van der Waals surface area contributed by atoms with Crippen LogP contribution in [-0.2, 0) is 4.79 Å². The first-order valence-corrected chi connectivity index (χ1v) is 9.22. The molecule has 0 aromatic heterocycles. The molecule has 1 aliphatic rings. The number of nitrogens with one attached hydrogen (secondary N) is 1. The van der Waals surface area contributed by atoms with Gasteiger partial charge in [0.2, 0.25) is 5.91 Å². The van der Waals surface area contributed by atoms with E-state index in [1.165, 1.54) is 7.05 Å². The van der Waals surface area contributed by atoms with Crippen molar-refractivity contribution in [1.82, 2.24) is 5.32 Å². The van der Waals surface area contributed by atoms with Crippen molar-refractivity contribution in [2.75, 3.05) is 32.2 Å². The standard InChI is InChI=1S/C13H12O2.C5H9NOS.CH5N/c1-14-12-8-5-9-13(10-12)15-11-6-3-2-4-7-11;7-5-4-8-3-1-2-6-5;1-2/h2-10H,1H3;1-4H2,(H,6,7);2H2,1H3. The predicted octanol–water partition coefficient (Wildman–Crippen LogP) is 3.30. The zero-order chi connectivity index (χ0) is 18.3. The molecule has 0 unspecified atom stereocenters. The lowest BCUT2D eigenvalue weighted by atomic mass is 10.3. The van der Waals surface area contributed by atoms with Crippen LogP contribution in [0.2, 0.25) is 0 Å². The third-order valence-corrected chi connectivity index (χ3v) is 4.08. The van der Waals surface area contributed by atoms with Crippen LogP contribution in [0.3, 0.4) is 0 Å². The lowest BCUT2D eigenvalue weighted by molar-refractivity contribution is -0.118. The Morgan fingerprint density at radius 3 is 2.40 bits per heavy atom. The molecule has 0 saturated carbocycles. The van der Waals surface area contributed by atoms with Gasteiger partial charge in [0.05, 0.1) is 12.9 Å². The van der Waals surface area contributed by atoms with Crippen molar-refractivity contribution < 1.29 is 14.3 Å². The van der Waals surface area contributed by atoms with E-state index in [1.54, 1.807) is 18.9 Å². The monoisotopic (exact) mass is 362 g/mol. The first-order chi connectivity index (χ1) is 12.3.